The van der Waals surface area contributed by atoms with Crippen molar-refractivity contribution in [3.8, 4) is 5.88 Å². The van der Waals surface area contributed by atoms with Gasteiger partial charge < -0.3 is 10.1 Å². The summed E-state index contributed by atoms with van der Waals surface area (Å²) in [5.74, 6) is 0.360. The van der Waals surface area contributed by atoms with Gasteiger partial charge in [0, 0.05) is 27.4 Å². The van der Waals surface area contributed by atoms with Crippen molar-refractivity contribution in [1.82, 2.24) is 10.3 Å². The molecule has 0 saturated heterocycles. The molecular weight excluding hydrogens is 463 g/mol. The molecule has 1 heterocycles. The molecule has 0 unspecified atom stereocenters. The minimum absolute atomic E-state index is 0.166. The van der Waals surface area contributed by atoms with E-state index in [1.165, 1.54) is 0 Å². The Kier molecular flexibility index (Phi) is 6.46. The predicted molar refractivity (Wildman–Crippen MR) is 110 cm³/mol. The third-order valence-corrected chi connectivity index (χ3v) is 4.83. The lowest BCUT2D eigenvalue weighted by Gasteiger charge is -2.09. The van der Waals surface area contributed by atoms with E-state index < -0.39 is 0 Å². The van der Waals surface area contributed by atoms with Gasteiger partial charge in [0.05, 0.1) is 5.56 Å². The largest absolute Gasteiger partial charge is 0.473 e. The van der Waals surface area contributed by atoms with Gasteiger partial charge in [-0.1, -0.05) is 41.9 Å². The summed E-state index contributed by atoms with van der Waals surface area (Å²) < 4.78 is 6.57. The first-order chi connectivity index (χ1) is 12.6. The summed E-state index contributed by atoms with van der Waals surface area (Å²) in [6.45, 7) is 0.829. The van der Waals surface area contributed by atoms with Gasteiger partial charge in [-0.15, -0.1) is 0 Å². The maximum absolute atomic E-state index is 12.4. The number of aromatic nitrogens is 1. The monoisotopic (exact) mass is 478 g/mol. The van der Waals surface area contributed by atoms with Crippen LogP contribution in [0.3, 0.4) is 0 Å². The average molecular weight is 479 g/mol. The van der Waals surface area contributed by atoms with E-state index in [2.05, 4.69) is 32.9 Å². The molecular formula is C20H16ClIN2O2. The number of nitrogens with zero attached hydrogens (tertiary/aromatic N) is 1. The standard InChI is InChI=1S/C20H16ClIN2O2/c21-16-6-7-18(22)17(11-16)20(25)24-12-15-8-9-23-19(10-15)26-13-14-4-2-1-3-5-14/h1-11H,12-13H2,(H,24,25). The van der Waals surface area contributed by atoms with Crippen molar-refractivity contribution in [3.05, 3.63) is 92.1 Å². The van der Waals surface area contributed by atoms with E-state index in [-0.39, 0.29) is 5.91 Å². The molecule has 3 aromatic rings. The van der Waals surface area contributed by atoms with E-state index in [9.17, 15) is 4.79 Å². The number of carbonyl (C=O) groups excluding carboxylic acids is 1. The maximum Gasteiger partial charge on any atom is 0.252 e. The van der Waals surface area contributed by atoms with Crippen molar-refractivity contribution in [1.29, 1.82) is 0 Å². The van der Waals surface area contributed by atoms with Crippen LogP contribution in [0, 0.1) is 3.57 Å². The quantitative estimate of drug-likeness (QED) is 0.516. The Hall–Kier alpha value is -2.12. The van der Waals surface area contributed by atoms with Gasteiger partial charge in [-0.05, 0) is 58.0 Å². The summed E-state index contributed by atoms with van der Waals surface area (Å²) in [6.07, 6.45) is 1.67. The van der Waals surface area contributed by atoms with Crippen LogP contribution in [0.15, 0.2) is 66.9 Å². The lowest BCUT2D eigenvalue weighted by atomic mass is 10.2. The molecule has 3 rings (SSSR count). The zero-order chi connectivity index (χ0) is 18.4. The molecule has 4 nitrogen and oxygen atoms in total. The van der Waals surface area contributed by atoms with Crippen LogP contribution in [0.5, 0.6) is 5.88 Å². The van der Waals surface area contributed by atoms with E-state index in [0.717, 1.165) is 14.7 Å². The van der Waals surface area contributed by atoms with Crippen molar-refractivity contribution in [2.45, 2.75) is 13.2 Å². The molecule has 6 heteroatoms. The van der Waals surface area contributed by atoms with Crippen LogP contribution in [0.4, 0.5) is 0 Å². The van der Waals surface area contributed by atoms with Crippen LogP contribution < -0.4 is 10.1 Å². The Bertz CT molecular complexity index is 903. The second-order valence-electron chi connectivity index (χ2n) is 5.58. The van der Waals surface area contributed by atoms with Gasteiger partial charge in [0.25, 0.3) is 5.91 Å². The molecule has 0 aliphatic heterocycles. The number of hydrogen-bond acceptors (Lipinski definition) is 3. The lowest BCUT2D eigenvalue weighted by Crippen LogP contribution is -2.23. The maximum atomic E-state index is 12.4. The van der Waals surface area contributed by atoms with E-state index in [0.29, 0.717) is 29.6 Å². The molecule has 1 aromatic heterocycles. The second-order valence-corrected chi connectivity index (χ2v) is 7.18. The average Bonchev–Trinajstić information content (AvgIpc) is 2.67. The van der Waals surface area contributed by atoms with Gasteiger partial charge in [-0.3, -0.25) is 4.79 Å². The SMILES string of the molecule is O=C(NCc1ccnc(OCc2ccccc2)c1)c1cc(Cl)ccc1I. The molecule has 0 atom stereocenters. The normalized spacial score (nSPS) is 10.4. The highest BCUT2D eigenvalue weighted by Gasteiger charge is 2.10. The number of carbonyl (C=O) groups is 1. The highest BCUT2D eigenvalue weighted by molar-refractivity contribution is 14.1. The van der Waals surface area contributed by atoms with Gasteiger partial charge >= 0.3 is 0 Å². The summed E-state index contributed by atoms with van der Waals surface area (Å²) >= 11 is 8.09. The third kappa shape index (κ3) is 5.19. The number of halogens is 2. The van der Waals surface area contributed by atoms with E-state index >= 15 is 0 Å². The predicted octanol–water partition coefficient (Wildman–Crippen LogP) is 4.85. The zero-order valence-corrected chi connectivity index (χ0v) is 16.7. The number of benzene rings is 2. The van der Waals surface area contributed by atoms with Gasteiger partial charge in [-0.25, -0.2) is 4.98 Å². The minimum Gasteiger partial charge on any atom is -0.473 e. The van der Waals surface area contributed by atoms with Gasteiger partial charge in [0.2, 0.25) is 5.88 Å². The van der Waals surface area contributed by atoms with Gasteiger partial charge in [0.1, 0.15) is 6.61 Å². The summed E-state index contributed by atoms with van der Waals surface area (Å²) in [7, 11) is 0. The fraction of sp³-hybridized carbons (Fsp3) is 0.100. The van der Waals surface area contributed by atoms with Crippen LogP contribution in [-0.2, 0) is 13.2 Å². The van der Waals surface area contributed by atoms with Crippen molar-refractivity contribution in [2.24, 2.45) is 0 Å². The molecule has 0 aliphatic rings. The van der Waals surface area contributed by atoms with E-state index in [1.807, 2.05) is 48.5 Å². The van der Waals surface area contributed by atoms with Crippen LogP contribution in [-0.4, -0.2) is 10.9 Å². The summed E-state index contributed by atoms with van der Waals surface area (Å²) in [5.41, 5.74) is 2.55. The van der Waals surface area contributed by atoms with Gasteiger partial charge in [0.15, 0.2) is 0 Å². The van der Waals surface area contributed by atoms with Crippen molar-refractivity contribution >= 4 is 40.1 Å². The molecule has 0 bridgehead atoms. The Labute approximate surface area is 170 Å². The topological polar surface area (TPSA) is 51.2 Å². The number of nitrogens with one attached hydrogen (secondary N) is 1. The van der Waals surface area contributed by atoms with Crippen LogP contribution in [0.25, 0.3) is 0 Å². The lowest BCUT2D eigenvalue weighted by molar-refractivity contribution is 0.0950. The van der Waals surface area contributed by atoms with E-state index in [4.69, 9.17) is 16.3 Å². The van der Waals surface area contributed by atoms with E-state index in [1.54, 1.807) is 18.3 Å². The van der Waals surface area contributed by atoms with Crippen LogP contribution >= 0.6 is 34.2 Å². The molecule has 26 heavy (non-hydrogen) atoms. The highest BCUT2D eigenvalue weighted by atomic mass is 127. The first-order valence-corrected chi connectivity index (χ1v) is 9.42. The summed E-state index contributed by atoms with van der Waals surface area (Å²) in [6, 6.07) is 18.8. The minimum atomic E-state index is -0.166. The molecule has 0 radical (unpaired) electrons. The number of pyridine rings is 1. The Morgan fingerprint density at radius 1 is 1.08 bits per heavy atom. The molecule has 2 aromatic carbocycles. The first-order valence-electron chi connectivity index (χ1n) is 7.97. The van der Waals surface area contributed by atoms with Crippen LogP contribution in [0.1, 0.15) is 21.5 Å². The van der Waals surface area contributed by atoms with Gasteiger partial charge in [-0.2, -0.15) is 0 Å². The first kappa shape index (κ1) is 18.7. The second kappa shape index (κ2) is 9.00. The molecule has 0 spiro atoms. The van der Waals surface area contributed by atoms with Crippen molar-refractivity contribution < 1.29 is 9.53 Å². The molecule has 0 fully saturated rings. The number of hydrogen-bond donors (Lipinski definition) is 1. The zero-order valence-electron chi connectivity index (χ0n) is 13.8. The van der Waals surface area contributed by atoms with Crippen molar-refractivity contribution in [2.75, 3.05) is 0 Å². The van der Waals surface area contributed by atoms with Crippen molar-refractivity contribution in [3.63, 3.8) is 0 Å². The number of rotatable bonds is 6. The molecule has 1 amide bonds. The molecule has 0 saturated carbocycles. The Morgan fingerprint density at radius 2 is 1.88 bits per heavy atom. The molecule has 132 valence electrons. The molecule has 0 aliphatic carbocycles. The summed E-state index contributed by atoms with van der Waals surface area (Å²) in [4.78, 5) is 16.6. The Balaban J connectivity index is 1.60. The summed E-state index contributed by atoms with van der Waals surface area (Å²) in [5, 5.41) is 3.44. The Morgan fingerprint density at radius 3 is 2.69 bits per heavy atom. The third-order valence-electron chi connectivity index (χ3n) is 3.65. The molecule has 1 N–H and O–H groups in total. The number of ether oxygens (including phenoxy) is 1. The van der Waals surface area contributed by atoms with Crippen LogP contribution in [0.2, 0.25) is 5.02 Å². The number of amides is 1. The highest BCUT2D eigenvalue weighted by Crippen LogP contribution is 2.18. The smallest absolute Gasteiger partial charge is 0.252 e. The fourth-order valence-corrected chi connectivity index (χ4v) is 3.07. The fourth-order valence-electron chi connectivity index (χ4n) is 2.32.